The van der Waals surface area contributed by atoms with Gasteiger partial charge in [-0.15, -0.1) is 5.10 Å². The molecule has 1 aromatic carbocycles. The maximum absolute atomic E-state index is 13.9. The topological polar surface area (TPSA) is 98.3 Å². The minimum atomic E-state index is -0.531. The number of benzene rings is 1. The molecule has 0 saturated heterocycles. The number of nitrogens with one attached hydrogen (secondary N) is 2. The van der Waals surface area contributed by atoms with E-state index in [4.69, 9.17) is 0 Å². The first-order chi connectivity index (χ1) is 17.0. The first-order valence-electron chi connectivity index (χ1n) is 11.6. The van der Waals surface area contributed by atoms with Crippen molar-refractivity contribution in [2.45, 2.75) is 38.1 Å². The van der Waals surface area contributed by atoms with Crippen molar-refractivity contribution < 1.29 is 0 Å². The summed E-state index contributed by atoms with van der Waals surface area (Å²) in [5.74, 6) is 1.42. The maximum Gasteiger partial charge on any atom is 0.334 e. The van der Waals surface area contributed by atoms with Crippen LogP contribution in [0.25, 0.3) is 17.2 Å². The zero-order valence-electron chi connectivity index (χ0n) is 19.6. The number of rotatable bonds is 8. The molecule has 0 aliphatic carbocycles. The molecular formula is C25H27BrN8O. The van der Waals surface area contributed by atoms with Crippen molar-refractivity contribution >= 4 is 15.9 Å². The molecule has 0 bridgehead atoms. The van der Waals surface area contributed by atoms with Gasteiger partial charge in [0.25, 0.3) is 0 Å². The molecule has 0 saturated carbocycles. The van der Waals surface area contributed by atoms with Crippen molar-refractivity contribution in [3.8, 4) is 17.2 Å². The molecule has 4 aromatic rings. The number of dihydropyridines is 1. The van der Waals surface area contributed by atoms with Crippen molar-refractivity contribution in [2.24, 2.45) is 7.05 Å². The average molecular weight is 535 g/mol. The second-order valence-corrected chi connectivity index (χ2v) is 9.62. The van der Waals surface area contributed by atoms with E-state index in [2.05, 4.69) is 73.1 Å². The summed E-state index contributed by atoms with van der Waals surface area (Å²) in [7, 11) is 1.94. The largest absolute Gasteiger partial charge is 0.368 e. The van der Waals surface area contributed by atoms with Crippen molar-refractivity contribution in [2.75, 3.05) is 0 Å². The van der Waals surface area contributed by atoms with E-state index in [0.29, 0.717) is 12.4 Å². The van der Waals surface area contributed by atoms with Gasteiger partial charge >= 0.3 is 5.69 Å². The van der Waals surface area contributed by atoms with Crippen molar-refractivity contribution in [3.05, 3.63) is 93.5 Å². The van der Waals surface area contributed by atoms with Crippen molar-refractivity contribution in [3.63, 3.8) is 0 Å². The summed E-state index contributed by atoms with van der Waals surface area (Å²) in [6.07, 6.45) is 14.9. The molecule has 0 unspecified atom stereocenters. The summed E-state index contributed by atoms with van der Waals surface area (Å²) >= 11 is 3.61. The van der Waals surface area contributed by atoms with Gasteiger partial charge < -0.3 is 9.88 Å². The van der Waals surface area contributed by atoms with Crippen LogP contribution in [0.1, 0.15) is 31.0 Å². The quantitative estimate of drug-likeness (QED) is 0.358. The molecule has 0 atom stereocenters. The third-order valence-corrected chi connectivity index (χ3v) is 7.08. The highest BCUT2D eigenvalue weighted by Crippen LogP contribution is 2.34. The number of hydrogen-bond donors (Lipinski definition) is 2. The molecule has 35 heavy (non-hydrogen) atoms. The highest BCUT2D eigenvalue weighted by atomic mass is 79.9. The first kappa shape index (κ1) is 23.1. The smallest absolute Gasteiger partial charge is 0.334 e. The predicted molar refractivity (Wildman–Crippen MR) is 138 cm³/mol. The Morgan fingerprint density at radius 1 is 1.17 bits per heavy atom. The minimum absolute atomic E-state index is 0.0612. The van der Waals surface area contributed by atoms with Gasteiger partial charge in [-0.25, -0.2) is 9.89 Å². The summed E-state index contributed by atoms with van der Waals surface area (Å²) in [5, 5.41) is 17.4. The van der Waals surface area contributed by atoms with Crippen LogP contribution >= 0.6 is 15.9 Å². The molecule has 5 rings (SSSR count). The fourth-order valence-corrected chi connectivity index (χ4v) is 5.16. The zero-order chi connectivity index (χ0) is 24.4. The van der Waals surface area contributed by atoms with Gasteiger partial charge in [-0.05, 0) is 69.3 Å². The molecular weight excluding hydrogens is 508 g/mol. The normalized spacial score (nSPS) is 14.4. The van der Waals surface area contributed by atoms with Crippen LogP contribution in [-0.4, -0.2) is 34.3 Å². The molecule has 2 N–H and O–H groups in total. The summed E-state index contributed by atoms with van der Waals surface area (Å²) in [6, 6.07) is 10.1. The Balaban J connectivity index is 1.63. The van der Waals surface area contributed by atoms with Gasteiger partial charge in [-0.2, -0.15) is 0 Å². The molecule has 9 nitrogen and oxygen atoms in total. The molecule has 0 fully saturated rings. The Labute approximate surface area is 211 Å². The summed E-state index contributed by atoms with van der Waals surface area (Å²) in [6.45, 7) is 2.63. The summed E-state index contributed by atoms with van der Waals surface area (Å²) in [4.78, 5) is 13.9. The van der Waals surface area contributed by atoms with E-state index in [9.17, 15) is 4.79 Å². The Morgan fingerprint density at radius 3 is 2.69 bits per heavy atom. The Hall–Kier alpha value is -3.66. The maximum atomic E-state index is 13.9. The number of unbranched alkanes of at least 4 members (excludes halogenated alkanes) is 1. The van der Waals surface area contributed by atoms with Crippen LogP contribution in [0.4, 0.5) is 0 Å². The van der Waals surface area contributed by atoms with E-state index in [1.165, 1.54) is 0 Å². The molecule has 3 aromatic heterocycles. The number of hydrogen-bond acceptors (Lipinski definition) is 5. The Bertz CT molecular complexity index is 1410. The number of nitrogens with zero attached hydrogens (tertiary/aromatic N) is 6. The van der Waals surface area contributed by atoms with Gasteiger partial charge in [0.2, 0.25) is 0 Å². The van der Waals surface area contributed by atoms with Crippen LogP contribution in [0.5, 0.6) is 0 Å². The molecule has 180 valence electrons. The average Bonchev–Trinajstić information content (AvgIpc) is 3.60. The number of aryl methyl sites for hydroxylation is 2. The Kier molecular flexibility index (Phi) is 6.29. The van der Waals surface area contributed by atoms with E-state index < -0.39 is 5.41 Å². The molecule has 0 radical (unpaired) electrons. The van der Waals surface area contributed by atoms with Crippen LogP contribution in [0.15, 0.2) is 76.5 Å². The first-order valence-corrected chi connectivity index (χ1v) is 12.4. The fourth-order valence-electron chi connectivity index (χ4n) is 4.57. The van der Waals surface area contributed by atoms with E-state index in [0.717, 1.165) is 46.4 Å². The van der Waals surface area contributed by atoms with E-state index in [1.807, 2.05) is 59.2 Å². The Morgan fingerprint density at radius 2 is 2.00 bits per heavy atom. The SMILES string of the molecule is CCCCc1cn(-c2c(Br)ccn2C)c(=O)n1CC1(c2cccc(-c3nnn[nH]3)c2)C=CNC=C1. The molecule has 10 heteroatoms. The van der Waals surface area contributed by atoms with E-state index in [-0.39, 0.29) is 5.69 Å². The van der Waals surface area contributed by atoms with Gasteiger partial charge in [0.1, 0.15) is 5.82 Å². The lowest BCUT2D eigenvalue weighted by Gasteiger charge is -2.31. The van der Waals surface area contributed by atoms with E-state index in [1.54, 1.807) is 4.57 Å². The van der Waals surface area contributed by atoms with Crippen LogP contribution < -0.4 is 11.0 Å². The molecule has 1 aliphatic heterocycles. The highest BCUT2D eigenvalue weighted by molar-refractivity contribution is 9.10. The number of aromatic nitrogens is 7. The van der Waals surface area contributed by atoms with Gasteiger partial charge in [-0.3, -0.25) is 9.13 Å². The second kappa shape index (κ2) is 9.53. The summed E-state index contributed by atoms with van der Waals surface area (Å²) in [5.41, 5.74) is 2.35. The van der Waals surface area contributed by atoms with E-state index >= 15 is 0 Å². The molecule has 0 spiro atoms. The van der Waals surface area contributed by atoms with Crippen LogP contribution in [0.3, 0.4) is 0 Å². The number of allylic oxidation sites excluding steroid dienone is 2. The van der Waals surface area contributed by atoms with Crippen LogP contribution in [0, 0.1) is 0 Å². The van der Waals surface area contributed by atoms with Gasteiger partial charge in [0.15, 0.2) is 5.82 Å². The number of H-pyrrole nitrogens is 1. The number of halogens is 1. The minimum Gasteiger partial charge on any atom is -0.368 e. The van der Waals surface area contributed by atoms with Crippen molar-refractivity contribution in [1.82, 2.24) is 39.6 Å². The third-order valence-electron chi connectivity index (χ3n) is 6.46. The fraction of sp³-hybridized carbons (Fsp3) is 0.280. The number of imidazole rings is 1. The standard InChI is InChI=1S/C25H27BrN8O/c1-3-4-8-20-16-33(23-21(26)9-14-32(23)2)24(35)34(20)17-25(10-12-27-13-11-25)19-7-5-6-18(15-19)22-28-30-31-29-22/h5-7,9-16,27H,3-4,8,17H2,1-2H3,(H,28,29,30,31). The predicted octanol–water partition coefficient (Wildman–Crippen LogP) is 3.83. The van der Waals surface area contributed by atoms with Crippen LogP contribution in [0.2, 0.25) is 0 Å². The van der Waals surface area contributed by atoms with Crippen molar-refractivity contribution in [1.29, 1.82) is 0 Å². The number of tetrazole rings is 1. The lowest BCUT2D eigenvalue weighted by Crippen LogP contribution is -2.36. The number of aromatic amines is 1. The summed E-state index contributed by atoms with van der Waals surface area (Å²) < 4.78 is 6.49. The molecule has 4 heterocycles. The zero-order valence-corrected chi connectivity index (χ0v) is 21.2. The molecule has 1 aliphatic rings. The third kappa shape index (κ3) is 4.29. The lowest BCUT2D eigenvalue weighted by atomic mass is 9.78. The van der Waals surface area contributed by atoms with Gasteiger partial charge in [0.05, 0.1) is 9.89 Å². The monoisotopic (exact) mass is 534 g/mol. The van der Waals surface area contributed by atoms with Crippen LogP contribution in [-0.2, 0) is 25.4 Å². The highest BCUT2D eigenvalue weighted by Gasteiger charge is 2.31. The lowest BCUT2D eigenvalue weighted by molar-refractivity contribution is 0.496. The van der Waals surface area contributed by atoms with Gasteiger partial charge in [-0.1, -0.05) is 43.7 Å². The second-order valence-electron chi connectivity index (χ2n) is 8.77. The van der Waals surface area contributed by atoms with Gasteiger partial charge in [0, 0.05) is 37.2 Å². The molecule has 0 amide bonds.